The van der Waals surface area contributed by atoms with Gasteiger partial charge in [0.25, 0.3) is 0 Å². The molecular formula is C8H12F3NO3. The highest BCUT2D eigenvalue weighted by atomic mass is 19.4. The fraction of sp³-hybridized carbons (Fsp3) is 0.875. The maximum atomic E-state index is 12.5. The molecule has 1 saturated heterocycles. The second-order valence-electron chi connectivity index (χ2n) is 3.62. The van der Waals surface area contributed by atoms with Gasteiger partial charge in [-0.15, -0.1) is 0 Å². The van der Waals surface area contributed by atoms with Crippen LogP contribution in [-0.4, -0.2) is 54.0 Å². The van der Waals surface area contributed by atoms with E-state index in [1.165, 1.54) is 11.8 Å². The summed E-state index contributed by atoms with van der Waals surface area (Å²) in [6.45, 7) is 0.485. The molecule has 1 N–H and O–H groups in total. The molecule has 0 aliphatic carbocycles. The van der Waals surface area contributed by atoms with Crippen LogP contribution in [0.25, 0.3) is 0 Å². The van der Waals surface area contributed by atoms with Gasteiger partial charge in [-0.05, 0) is 6.92 Å². The van der Waals surface area contributed by atoms with Gasteiger partial charge in [-0.3, -0.25) is 9.69 Å². The molecule has 1 heterocycles. The first-order valence-corrected chi connectivity index (χ1v) is 4.32. The second kappa shape index (κ2) is 3.64. The minimum Gasteiger partial charge on any atom is -0.480 e. The zero-order chi connectivity index (χ0) is 11.9. The highest BCUT2D eigenvalue weighted by Gasteiger charge is 2.63. The number of rotatable bonds is 3. The SMILES string of the molecule is COC1(C(F)(F)F)CN([C@@H](C)C(=O)O)C1. The Morgan fingerprint density at radius 3 is 2.27 bits per heavy atom. The van der Waals surface area contributed by atoms with E-state index in [2.05, 4.69) is 4.74 Å². The van der Waals surface area contributed by atoms with Crippen LogP contribution in [0.4, 0.5) is 13.2 Å². The number of carboxylic acid groups (broad SMARTS) is 1. The van der Waals surface area contributed by atoms with Crippen molar-refractivity contribution < 1.29 is 27.8 Å². The number of carboxylic acids is 1. The Hall–Kier alpha value is -0.820. The van der Waals surface area contributed by atoms with Gasteiger partial charge in [0.2, 0.25) is 0 Å². The van der Waals surface area contributed by atoms with E-state index in [1.807, 2.05) is 0 Å². The number of aliphatic carboxylic acids is 1. The number of ether oxygens (including phenoxy) is 1. The van der Waals surface area contributed by atoms with Crippen molar-refractivity contribution in [2.45, 2.75) is 24.7 Å². The van der Waals surface area contributed by atoms with Crippen molar-refractivity contribution in [3.05, 3.63) is 0 Å². The third-order valence-electron chi connectivity index (χ3n) is 2.73. The largest absolute Gasteiger partial charge is 0.480 e. The molecule has 1 aliphatic rings. The van der Waals surface area contributed by atoms with E-state index < -0.39 is 36.9 Å². The summed E-state index contributed by atoms with van der Waals surface area (Å²) in [6.07, 6.45) is -4.46. The van der Waals surface area contributed by atoms with Crippen LogP contribution in [0.5, 0.6) is 0 Å². The predicted octanol–water partition coefficient (Wildman–Crippen LogP) is 0.723. The molecule has 0 aromatic heterocycles. The van der Waals surface area contributed by atoms with Crippen LogP contribution < -0.4 is 0 Å². The van der Waals surface area contributed by atoms with Gasteiger partial charge in [-0.1, -0.05) is 0 Å². The molecule has 88 valence electrons. The first-order chi connectivity index (χ1) is 6.73. The van der Waals surface area contributed by atoms with E-state index in [0.29, 0.717) is 0 Å². The maximum Gasteiger partial charge on any atom is 0.419 e. The van der Waals surface area contributed by atoms with Crippen LogP contribution in [0.15, 0.2) is 0 Å². The van der Waals surface area contributed by atoms with E-state index >= 15 is 0 Å². The monoisotopic (exact) mass is 227 g/mol. The van der Waals surface area contributed by atoms with Crippen LogP contribution in [0.1, 0.15) is 6.92 Å². The Labute approximate surface area is 84.6 Å². The van der Waals surface area contributed by atoms with Crippen molar-refractivity contribution in [2.75, 3.05) is 20.2 Å². The van der Waals surface area contributed by atoms with Crippen molar-refractivity contribution in [2.24, 2.45) is 0 Å². The fourth-order valence-electron chi connectivity index (χ4n) is 1.46. The summed E-state index contributed by atoms with van der Waals surface area (Å²) in [7, 11) is 0.982. The Morgan fingerprint density at radius 2 is 2.00 bits per heavy atom. The van der Waals surface area contributed by atoms with Gasteiger partial charge in [0, 0.05) is 20.2 Å². The Morgan fingerprint density at radius 1 is 1.53 bits per heavy atom. The average Bonchev–Trinajstić information content (AvgIpc) is 1.99. The molecule has 0 spiro atoms. The first kappa shape index (κ1) is 12.3. The summed E-state index contributed by atoms with van der Waals surface area (Å²) in [5.74, 6) is -1.14. The second-order valence-corrected chi connectivity index (χ2v) is 3.62. The van der Waals surface area contributed by atoms with Crippen LogP contribution >= 0.6 is 0 Å². The molecule has 4 nitrogen and oxygen atoms in total. The van der Waals surface area contributed by atoms with Gasteiger partial charge in [0.1, 0.15) is 6.04 Å². The number of alkyl halides is 3. The van der Waals surface area contributed by atoms with Crippen molar-refractivity contribution >= 4 is 5.97 Å². The van der Waals surface area contributed by atoms with Gasteiger partial charge >= 0.3 is 12.1 Å². The molecular weight excluding hydrogens is 215 g/mol. The summed E-state index contributed by atoms with van der Waals surface area (Å²) < 4.78 is 41.9. The number of halogens is 3. The van der Waals surface area contributed by atoms with Crippen LogP contribution in [0, 0.1) is 0 Å². The van der Waals surface area contributed by atoms with E-state index in [9.17, 15) is 18.0 Å². The standard InChI is InChI=1S/C8H12F3NO3/c1-5(6(13)14)12-3-7(4-12,15-2)8(9,10)11/h5H,3-4H2,1-2H3,(H,13,14)/t5-/m0/s1. The van der Waals surface area contributed by atoms with Crippen LogP contribution in [-0.2, 0) is 9.53 Å². The molecule has 0 aromatic rings. The zero-order valence-electron chi connectivity index (χ0n) is 8.34. The van der Waals surface area contributed by atoms with Crippen molar-refractivity contribution in [3.8, 4) is 0 Å². The summed E-state index contributed by atoms with van der Waals surface area (Å²) in [5, 5.41) is 8.60. The fourth-order valence-corrected chi connectivity index (χ4v) is 1.46. The average molecular weight is 227 g/mol. The Bertz CT molecular complexity index is 260. The maximum absolute atomic E-state index is 12.5. The summed E-state index contributed by atoms with van der Waals surface area (Å²) in [4.78, 5) is 11.7. The topological polar surface area (TPSA) is 49.8 Å². The molecule has 0 radical (unpaired) electrons. The number of methoxy groups -OCH3 is 1. The first-order valence-electron chi connectivity index (χ1n) is 4.32. The smallest absolute Gasteiger partial charge is 0.419 e. The molecule has 0 unspecified atom stereocenters. The molecule has 0 aromatic carbocycles. The lowest BCUT2D eigenvalue weighted by Gasteiger charge is -2.50. The van der Waals surface area contributed by atoms with Gasteiger partial charge < -0.3 is 9.84 Å². The summed E-state index contributed by atoms with van der Waals surface area (Å²) >= 11 is 0. The Kier molecular flexibility index (Phi) is 2.97. The molecule has 15 heavy (non-hydrogen) atoms. The van der Waals surface area contributed by atoms with E-state index in [-0.39, 0.29) is 0 Å². The molecule has 0 saturated carbocycles. The molecule has 1 aliphatic heterocycles. The molecule has 0 bridgehead atoms. The third-order valence-corrected chi connectivity index (χ3v) is 2.73. The number of hydrogen-bond acceptors (Lipinski definition) is 3. The lowest BCUT2D eigenvalue weighted by molar-refractivity contribution is -0.313. The van der Waals surface area contributed by atoms with Crippen molar-refractivity contribution in [1.29, 1.82) is 0 Å². The van der Waals surface area contributed by atoms with E-state index in [1.54, 1.807) is 0 Å². The quantitative estimate of drug-likeness (QED) is 0.772. The molecule has 1 fully saturated rings. The van der Waals surface area contributed by atoms with Crippen LogP contribution in [0.3, 0.4) is 0 Å². The van der Waals surface area contributed by atoms with Gasteiger partial charge in [-0.25, -0.2) is 0 Å². The van der Waals surface area contributed by atoms with E-state index in [0.717, 1.165) is 7.11 Å². The normalized spacial score (nSPS) is 23.3. The summed E-state index contributed by atoms with van der Waals surface area (Å²) in [6, 6.07) is -0.921. The minimum absolute atomic E-state index is 0.430. The number of hydrogen-bond donors (Lipinski definition) is 1. The van der Waals surface area contributed by atoms with Crippen LogP contribution in [0.2, 0.25) is 0 Å². The highest BCUT2D eigenvalue weighted by Crippen LogP contribution is 2.41. The number of likely N-dealkylation sites (tertiary alicyclic amines) is 1. The van der Waals surface area contributed by atoms with E-state index in [4.69, 9.17) is 5.11 Å². The van der Waals surface area contributed by atoms with Crippen molar-refractivity contribution in [1.82, 2.24) is 4.90 Å². The molecule has 1 rings (SSSR count). The minimum atomic E-state index is -4.46. The number of carbonyl (C=O) groups is 1. The van der Waals surface area contributed by atoms with Gasteiger partial charge in [0.15, 0.2) is 5.60 Å². The lowest BCUT2D eigenvalue weighted by Crippen LogP contribution is -2.72. The number of nitrogens with zero attached hydrogens (tertiary/aromatic N) is 1. The molecule has 0 amide bonds. The lowest BCUT2D eigenvalue weighted by atomic mass is 9.91. The highest BCUT2D eigenvalue weighted by molar-refractivity contribution is 5.73. The molecule has 1 atom stereocenters. The zero-order valence-corrected chi connectivity index (χ0v) is 8.34. The summed E-state index contributed by atoms with van der Waals surface area (Å²) in [5.41, 5.74) is -2.20. The Balaban J connectivity index is 2.64. The third kappa shape index (κ3) is 1.93. The molecule has 7 heteroatoms. The van der Waals surface area contributed by atoms with Gasteiger partial charge in [-0.2, -0.15) is 13.2 Å². The predicted molar refractivity (Wildman–Crippen MR) is 44.5 cm³/mol. The van der Waals surface area contributed by atoms with Gasteiger partial charge in [0.05, 0.1) is 0 Å². The van der Waals surface area contributed by atoms with Crippen molar-refractivity contribution in [3.63, 3.8) is 0 Å².